The Balaban J connectivity index is 1.57. The first-order chi connectivity index (χ1) is 15.5. The largest absolute Gasteiger partial charge is 0.353 e. The quantitative estimate of drug-likeness (QED) is 0.647. The zero-order valence-corrected chi connectivity index (χ0v) is 19.0. The fourth-order valence-corrected chi connectivity index (χ4v) is 4.39. The number of carbonyl (C=O) groups is 3. The molecule has 9 heteroatoms. The van der Waals surface area contributed by atoms with Crippen molar-refractivity contribution in [3.05, 3.63) is 41.0 Å². The molecule has 0 saturated carbocycles. The van der Waals surface area contributed by atoms with Gasteiger partial charge in [0, 0.05) is 30.2 Å². The van der Waals surface area contributed by atoms with Crippen LogP contribution in [0.25, 0.3) is 11.3 Å². The van der Waals surface area contributed by atoms with E-state index in [9.17, 15) is 14.4 Å². The Morgan fingerprint density at radius 1 is 1.22 bits per heavy atom. The monoisotopic (exact) mass is 457 g/mol. The molecular weight excluding hydrogens is 430 g/mol. The van der Waals surface area contributed by atoms with Gasteiger partial charge in [-0.15, -0.1) is 0 Å². The predicted molar refractivity (Wildman–Crippen MR) is 121 cm³/mol. The first-order valence-electron chi connectivity index (χ1n) is 11.2. The number of nitrogens with zero attached hydrogens (tertiary/aromatic N) is 4. The average Bonchev–Trinajstić information content (AvgIpc) is 3.23. The van der Waals surface area contributed by atoms with Gasteiger partial charge in [0.2, 0.25) is 11.8 Å². The van der Waals surface area contributed by atoms with Crippen molar-refractivity contribution in [1.82, 2.24) is 24.9 Å². The molecule has 2 aliphatic heterocycles. The van der Waals surface area contributed by atoms with Gasteiger partial charge in [-0.3, -0.25) is 19.1 Å². The van der Waals surface area contributed by atoms with Gasteiger partial charge in [0.1, 0.15) is 12.2 Å². The Morgan fingerprint density at radius 2 is 2.00 bits per heavy atom. The first-order valence-corrected chi connectivity index (χ1v) is 11.5. The summed E-state index contributed by atoms with van der Waals surface area (Å²) in [6.07, 6.45) is 4.12. The number of fused-ring (bicyclic) bond motifs is 1. The van der Waals surface area contributed by atoms with Gasteiger partial charge in [-0.05, 0) is 24.6 Å². The molecule has 3 amide bonds. The highest BCUT2D eigenvalue weighted by molar-refractivity contribution is 6.30. The Bertz CT molecular complexity index is 1000. The van der Waals surface area contributed by atoms with Gasteiger partial charge in [-0.25, -0.2) is 0 Å². The number of piperazine rings is 1. The number of hydrogen-bond donors (Lipinski definition) is 1. The van der Waals surface area contributed by atoms with Crippen LogP contribution in [0.1, 0.15) is 49.1 Å². The van der Waals surface area contributed by atoms with Crippen LogP contribution in [0.2, 0.25) is 5.02 Å². The maximum absolute atomic E-state index is 13.3. The molecule has 1 fully saturated rings. The van der Waals surface area contributed by atoms with Gasteiger partial charge in [0.15, 0.2) is 0 Å². The van der Waals surface area contributed by atoms with Crippen LogP contribution in [0.4, 0.5) is 0 Å². The number of unbranched alkanes of at least 4 members (excludes halogenated alkanes) is 2. The smallest absolute Gasteiger partial charge is 0.272 e. The molecule has 170 valence electrons. The van der Waals surface area contributed by atoms with Gasteiger partial charge >= 0.3 is 0 Å². The van der Waals surface area contributed by atoms with E-state index < -0.39 is 0 Å². The van der Waals surface area contributed by atoms with Crippen LogP contribution in [0, 0.1) is 0 Å². The van der Waals surface area contributed by atoms with E-state index in [2.05, 4.69) is 12.2 Å². The summed E-state index contributed by atoms with van der Waals surface area (Å²) in [6.45, 7) is 3.50. The number of benzene rings is 1. The normalized spacial score (nSPS) is 18.5. The lowest BCUT2D eigenvalue weighted by molar-refractivity contribution is -0.138. The standard InChI is InChI=1S/C23H28ClN5O3/c1-2-3-4-5-18-13-28(15-22(31)27-11-10-25-21(30)14-27)23(32)20-12-19(26-29(18)20)16-6-8-17(24)9-7-16/h6-9,12,18H,2-5,10-11,13-15H2,1H3,(H,25,30). The van der Waals surface area contributed by atoms with Crippen molar-refractivity contribution in [2.75, 3.05) is 32.7 Å². The van der Waals surface area contributed by atoms with E-state index in [0.717, 1.165) is 31.2 Å². The highest BCUT2D eigenvalue weighted by Gasteiger charge is 2.35. The van der Waals surface area contributed by atoms with Gasteiger partial charge in [-0.1, -0.05) is 49.9 Å². The summed E-state index contributed by atoms with van der Waals surface area (Å²) in [6, 6.07) is 9.17. The third-order valence-electron chi connectivity index (χ3n) is 6.02. The summed E-state index contributed by atoms with van der Waals surface area (Å²) in [4.78, 5) is 40.9. The molecule has 32 heavy (non-hydrogen) atoms. The molecule has 3 heterocycles. The fraction of sp³-hybridized carbons (Fsp3) is 0.478. The highest BCUT2D eigenvalue weighted by atomic mass is 35.5. The molecule has 0 bridgehead atoms. The summed E-state index contributed by atoms with van der Waals surface area (Å²) in [5, 5.41) is 8.11. The van der Waals surface area contributed by atoms with Crippen molar-refractivity contribution in [3.8, 4) is 11.3 Å². The number of carbonyl (C=O) groups excluding carboxylic acids is 3. The fourth-order valence-electron chi connectivity index (χ4n) is 4.27. The third kappa shape index (κ3) is 4.80. The zero-order valence-electron chi connectivity index (χ0n) is 18.2. The Kier molecular flexibility index (Phi) is 6.79. The molecule has 2 aliphatic rings. The second-order valence-electron chi connectivity index (χ2n) is 8.37. The summed E-state index contributed by atoms with van der Waals surface area (Å²) >= 11 is 6.01. The SMILES string of the molecule is CCCCCC1CN(CC(=O)N2CCNC(=O)C2)C(=O)c2cc(-c3ccc(Cl)cc3)nn21. The molecule has 1 unspecified atom stereocenters. The van der Waals surface area contributed by atoms with Gasteiger partial charge in [-0.2, -0.15) is 5.10 Å². The molecule has 1 aromatic carbocycles. The van der Waals surface area contributed by atoms with E-state index >= 15 is 0 Å². The maximum atomic E-state index is 13.3. The Morgan fingerprint density at radius 3 is 2.72 bits per heavy atom. The van der Waals surface area contributed by atoms with E-state index in [1.165, 1.54) is 4.90 Å². The second-order valence-corrected chi connectivity index (χ2v) is 8.80. The van der Waals surface area contributed by atoms with Crippen molar-refractivity contribution in [1.29, 1.82) is 0 Å². The van der Waals surface area contributed by atoms with Crippen LogP contribution in [-0.2, 0) is 9.59 Å². The van der Waals surface area contributed by atoms with Crippen LogP contribution >= 0.6 is 11.6 Å². The van der Waals surface area contributed by atoms with Crippen LogP contribution in [0.15, 0.2) is 30.3 Å². The first kappa shape index (κ1) is 22.3. The predicted octanol–water partition coefficient (Wildman–Crippen LogP) is 2.74. The molecular formula is C23H28ClN5O3. The molecule has 2 aromatic rings. The highest BCUT2D eigenvalue weighted by Crippen LogP contribution is 2.30. The minimum absolute atomic E-state index is 0.00718. The molecule has 1 N–H and O–H groups in total. The zero-order chi connectivity index (χ0) is 22.7. The molecule has 0 radical (unpaired) electrons. The number of nitrogens with one attached hydrogen (secondary N) is 1. The summed E-state index contributed by atoms with van der Waals surface area (Å²) in [5.74, 6) is -0.580. The number of amides is 3. The summed E-state index contributed by atoms with van der Waals surface area (Å²) < 4.78 is 1.83. The lowest BCUT2D eigenvalue weighted by Crippen LogP contribution is -2.54. The molecule has 8 nitrogen and oxygen atoms in total. The second kappa shape index (κ2) is 9.73. The number of aromatic nitrogens is 2. The van der Waals surface area contributed by atoms with E-state index in [4.69, 9.17) is 16.7 Å². The topological polar surface area (TPSA) is 87.5 Å². The maximum Gasteiger partial charge on any atom is 0.272 e. The van der Waals surface area contributed by atoms with E-state index in [1.54, 1.807) is 23.1 Å². The van der Waals surface area contributed by atoms with Gasteiger partial charge < -0.3 is 15.1 Å². The molecule has 0 aliphatic carbocycles. The lowest BCUT2D eigenvalue weighted by Gasteiger charge is -2.35. The van der Waals surface area contributed by atoms with Crippen LogP contribution in [0.5, 0.6) is 0 Å². The van der Waals surface area contributed by atoms with Crippen molar-refractivity contribution in [2.24, 2.45) is 0 Å². The van der Waals surface area contributed by atoms with E-state index in [-0.39, 0.29) is 36.9 Å². The Hall–Kier alpha value is -2.87. The third-order valence-corrected chi connectivity index (χ3v) is 6.27. The van der Waals surface area contributed by atoms with Crippen LogP contribution in [0.3, 0.4) is 0 Å². The van der Waals surface area contributed by atoms with Crippen molar-refractivity contribution in [2.45, 2.75) is 38.6 Å². The molecule has 4 rings (SSSR count). The van der Waals surface area contributed by atoms with E-state index in [1.807, 2.05) is 16.8 Å². The van der Waals surface area contributed by atoms with Crippen LogP contribution < -0.4 is 5.32 Å². The molecule has 1 aromatic heterocycles. The van der Waals surface area contributed by atoms with E-state index in [0.29, 0.717) is 36.0 Å². The van der Waals surface area contributed by atoms with Crippen molar-refractivity contribution >= 4 is 29.3 Å². The van der Waals surface area contributed by atoms with Crippen molar-refractivity contribution < 1.29 is 14.4 Å². The van der Waals surface area contributed by atoms with Crippen LogP contribution in [-0.4, -0.2) is 70.0 Å². The molecule has 0 spiro atoms. The minimum Gasteiger partial charge on any atom is -0.353 e. The molecule has 1 atom stereocenters. The van der Waals surface area contributed by atoms with Crippen molar-refractivity contribution in [3.63, 3.8) is 0 Å². The van der Waals surface area contributed by atoms with Gasteiger partial charge in [0.25, 0.3) is 5.91 Å². The number of halogens is 1. The molecule has 1 saturated heterocycles. The summed E-state index contributed by atoms with van der Waals surface area (Å²) in [5.41, 5.74) is 2.09. The lowest BCUT2D eigenvalue weighted by atomic mass is 10.0. The minimum atomic E-state index is -0.209. The average molecular weight is 458 g/mol. The Labute approximate surface area is 192 Å². The number of rotatable bonds is 7. The summed E-state index contributed by atoms with van der Waals surface area (Å²) in [7, 11) is 0. The van der Waals surface area contributed by atoms with Gasteiger partial charge in [0.05, 0.1) is 18.3 Å². The number of hydrogen-bond acceptors (Lipinski definition) is 4.